The molecule has 0 heterocycles. The summed E-state index contributed by atoms with van der Waals surface area (Å²) in [6.45, 7) is 3.87. The van der Waals surface area contributed by atoms with Crippen LogP contribution in [-0.4, -0.2) is 0 Å². The normalized spacial score (nSPS) is 19.2. The molecule has 0 aliphatic heterocycles. The van der Waals surface area contributed by atoms with Gasteiger partial charge in [-0.15, -0.1) is 0 Å². The van der Waals surface area contributed by atoms with Gasteiger partial charge < -0.3 is 0 Å². The number of hydrogen-bond acceptors (Lipinski definition) is 0. The summed E-state index contributed by atoms with van der Waals surface area (Å²) in [5, 5.41) is 0. The van der Waals surface area contributed by atoms with E-state index in [-0.39, 0.29) is 0 Å². The van der Waals surface area contributed by atoms with Gasteiger partial charge in [-0.05, 0) is 25.2 Å². The summed E-state index contributed by atoms with van der Waals surface area (Å²) in [6, 6.07) is 0. The number of hydrogen-bond donors (Lipinski definition) is 0. The highest BCUT2D eigenvalue weighted by molar-refractivity contribution is 4.91. The molecule has 13 heavy (non-hydrogen) atoms. The lowest BCUT2D eigenvalue weighted by molar-refractivity contribution is 0.487. The van der Waals surface area contributed by atoms with Crippen molar-refractivity contribution in [3.63, 3.8) is 0 Å². The molecule has 0 aromatic carbocycles. The first-order valence-corrected chi connectivity index (χ1v) is 6.06. The molecule has 0 amide bonds. The van der Waals surface area contributed by atoms with E-state index >= 15 is 0 Å². The molecule has 0 heteroatoms. The van der Waals surface area contributed by atoms with Gasteiger partial charge in [0.2, 0.25) is 0 Å². The first-order chi connectivity index (χ1) is 6.43. The fourth-order valence-electron chi connectivity index (χ4n) is 2.21. The summed E-state index contributed by atoms with van der Waals surface area (Å²) in [7, 11) is 0. The highest BCUT2D eigenvalue weighted by Gasteiger charge is 2.12. The van der Waals surface area contributed by atoms with E-state index in [4.69, 9.17) is 0 Å². The van der Waals surface area contributed by atoms with Crippen LogP contribution in [0.25, 0.3) is 0 Å². The standard InChI is InChI=1S/C13H24/c1-2-3-4-5-7-10-13-11-8-6-9-12-13/h1-12H2. The van der Waals surface area contributed by atoms with Gasteiger partial charge in [-0.3, -0.25) is 0 Å². The lowest BCUT2D eigenvalue weighted by atomic mass is 9.85. The highest BCUT2D eigenvalue weighted by Crippen LogP contribution is 2.29. The minimum absolute atomic E-state index is 1.12. The summed E-state index contributed by atoms with van der Waals surface area (Å²) < 4.78 is 0. The van der Waals surface area contributed by atoms with E-state index in [1.54, 1.807) is 0 Å². The van der Waals surface area contributed by atoms with Crippen LogP contribution in [0.5, 0.6) is 0 Å². The van der Waals surface area contributed by atoms with Gasteiger partial charge in [-0.25, -0.2) is 0 Å². The predicted molar refractivity (Wildman–Crippen MR) is 59.4 cm³/mol. The van der Waals surface area contributed by atoms with Crippen molar-refractivity contribution in [2.45, 2.75) is 70.6 Å². The quantitative estimate of drug-likeness (QED) is 0.520. The van der Waals surface area contributed by atoms with Crippen molar-refractivity contribution in [2.75, 3.05) is 0 Å². The maximum Gasteiger partial charge on any atom is -0.0241 e. The minimum Gasteiger partial charge on any atom is -0.0533 e. The van der Waals surface area contributed by atoms with Gasteiger partial charge in [0.05, 0.1) is 0 Å². The fraction of sp³-hybridized carbons (Fsp3) is 0.846. The largest absolute Gasteiger partial charge is 0.0533 e. The average molecular weight is 180 g/mol. The molecule has 76 valence electrons. The third-order valence-corrected chi connectivity index (χ3v) is 3.09. The Morgan fingerprint density at radius 3 is 2.23 bits per heavy atom. The van der Waals surface area contributed by atoms with E-state index in [9.17, 15) is 0 Å². The van der Waals surface area contributed by atoms with Gasteiger partial charge >= 0.3 is 0 Å². The molecule has 2 radical (unpaired) electrons. The molecular formula is C13H24. The molecule has 0 aromatic heterocycles. The van der Waals surface area contributed by atoms with Crippen molar-refractivity contribution in [3.05, 3.63) is 12.8 Å². The first kappa shape index (κ1) is 11.1. The Balaban J connectivity index is 1.86. The Hall–Kier alpha value is 0. The van der Waals surface area contributed by atoms with E-state index in [1.165, 1.54) is 64.2 Å². The second-order valence-corrected chi connectivity index (χ2v) is 4.33. The van der Waals surface area contributed by atoms with Crippen molar-refractivity contribution in [1.82, 2.24) is 0 Å². The van der Waals surface area contributed by atoms with Gasteiger partial charge in [-0.2, -0.15) is 0 Å². The predicted octanol–water partition coefficient (Wildman–Crippen LogP) is 4.70. The Kier molecular flexibility index (Phi) is 6.31. The first-order valence-electron chi connectivity index (χ1n) is 6.06. The molecule has 1 fully saturated rings. The molecule has 0 aromatic rings. The molecule has 0 bridgehead atoms. The van der Waals surface area contributed by atoms with Crippen LogP contribution < -0.4 is 0 Å². The average Bonchev–Trinajstić information content (AvgIpc) is 2.19. The summed E-state index contributed by atoms with van der Waals surface area (Å²) in [4.78, 5) is 0. The van der Waals surface area contributed by atoms with Gasteiger partial charge in [0.15, 0.2) is 0 Å². The summed E-state index contributed by atoms with van der Waals surface area (Å²) >= 11 is 0. The lowest BCUT2D eigenvalue weighted by Gasteiger charge is -2.20. The molecule has 0 nitrogen and oxygen atoms in total. The Labute approximate surface area is 84.1 Å². The van der Waals surface area contributed by atoms with E-state index in [1.807, 2.05) is 5.92 Å². The summed E-state index contributed by atoms with van der Waals surface area (Å²) in [6.07, 6.45) is 15.4. The molecule has 0 saturated heterocycles. The van der Waals surface area contributed by atoms with Crippen molar-refractivity contribution >= 4 is 0 Å². The molecule has 1 rings (SSSR count). The molecule has 0 N–H and O–H groups in total. The Morgan fingerprint density at radius 1 is 0.846 bits per heavy atom. The molecular weight excluding hydrogens is 156 g/mol. The lowest BCUT2D eigenvalue weighted by Crippen LogP contribution is -2.03. The monoisotopic (exact) mass is 180 g/mol. The highest BCUT2D eigenvalue weighted by atomic mass is 14.2. The van der Waals surface area contributed by atoms with Gasteiger partial charge in [0.25, 0.3) is 0 Å². The maximum atomic E-state index is 3.87. The van der Waals surface area contributed by atoms with Crippen LogP contribution in [0, 0.1) is 12.8 Å². The van der Waals surface area contributed by atoms with Crippen LogP contribution in [-0.2, 0) is 0 Å². The van der Waals surface area contributed by atoms with Crippen molar-refractivity contribution < 1.29 is 0 Å². The SMILES string of the molecule is [CH2]CCCCCC[C]1CCCCC1. The molecule has 0 atom stereocenters. The van der Waals surface area contributed by atoms with Crippen molar-refractivity contribution in [2.24, 2.45) is 0 Å². The van der Waals surface area contributed by atoms with Gasteiger partial charge in [0, 0.05) is 0 Å². The maximum absolute atomic E-state index is 3.87. The molecule has 1 aliphatic rings. The Morgan fingerprint density at radius 2 is 1.54 bits per heavy atom. The molecule has 0 spiro atoms. The zero-order chi connectivity index (χ0) is 9.36. The second kappa shape index (κ2) is 7.41. The molecule has 1 aliphatic carbocycles. The number of rotatable bonds is 6. The topological polar surface area (TPSA) is 0 Å². The van der Waals surface area contributed by atoms with Gasteiger partial charge in [0.1, 0.15) is 0 Å². The van der Waals surface area contributed by atoms with Crippen LogP contribution in [0.4, 0.5) is 0 Å². The Bertz CT molecular complexity index is 101. The van der Waals surface area contributed by atoms with E-state index < -0.39 is 0 Å². The van der Waals surface area contributed by atoms with E-state index in [2.05, 4.69) is 6.92 Å². The fourth-order valence-corrected chi connectivity index (χ4v) is 2.21. The third-order valence-electron chi connectivity index (χ3n) is 3.09. The van der Waals surface area contributed by atoms with Crippen LogP contribution in [0.2, 0.25) is 0 Å². The smallest absolute Gasteiger partial charge is 0.0241 e. The van der Waals surface area contributed by atoms with Crippen LogP contribution in [0.3, 0.4) is 0 Å². The zero-order valence-corrected chi connectivity index (χ0v) is 8.99. The van der Waals surface area contributed by atoms with E-state index in [0.717, 1.165) is 6.42 Å². The van der Waals surface area contributed by atoms with Crippen LogP contribution in [0.1, 0.15) is 70.6 Å². The summed E-state index contributed by atoms with van der Waals surface area (Å²) in [5.74, 6) is 1.86. The molecule has 0 unspecified atom stereocenters. The van der Waals surface area contributed by atoms with Crippen molar-refractivity contribution in [3.8, 4) is 0 Å². The summed E-state index contributed by atoms with van der Waals surface area (Å²) in [5.41, 5.74) is 0. The van der Waals surface area contributed by atoms with Crippen LogP contribution in [0.15, 0.2) is 0 Å². The van der Waals surface area contributed by atoms with Crippen LogP contribution >= 0.6 is 0 Å². The number of unbranched alkanes of at least 4 members (excludes halogenated alkanes) is 4. The second-order valence-electron chi connectivity index (χ2n) is 4.33. The van der Waals surface area contributed by atoms with E-state index in [0.29, 0.717) is 0 Å². The third kappa shape index (κ3) is 5.33. The van der Waals surface area contributed by atoms with Crippen molar-refractivity contribution in [1.29, 1.82) is 0 Å². The van der Waals surface area contributed by atoms with Gasteiger partial charge in [-0.1, -0.05) is 58.3 Å². The molecule has 1 saturated carbocycles. The zero-order valence-electron chi connectivity index (χ0n) is 8.99. The minimum atomic E-state index is 1.12.